The van der Waals surface area contributed by atoms with Crippen molar-refractivity contribution in [1.29, 1.82) is 0 Å². The van der Waals surface area contributed by atoms with E-state index in [2.05, 4.69) is 68.4 Å². The van der Waals surface area contributed by atoms with Crippen molar-refractivity contribution in [3.63, 3.8) is 0 Å². The number of allylic oxidation sites excluding steroid dienone is 1. The summed E-state index contributed by atoms with van der Waals surface area (Å²) in [6, 6.07) is 0. The van der Waals surface area contributed by atoms with Crippen LogP contribution >= 0.6 is 0 Å². The molecular formula is C20H41NOSi. The Morgan fingerprint density at radius 2 is 1.57 bits per heavy atom. The molecule has 23 heavy (non-hydrogen) atoms. The minimum atomic E-state index is -1.86. The van der Waals surface area contributed by atoms with Gasteiger partial charge in [0.2, 0.25) is 0 Å². The van der Waals surface area contributed by atoms with E-state index in [-0.39, 0.29) is 0 Å². The highest BCUT2D eigenvalue weighted by Crippen LogP contribution is 2.47. The minimum Gasteiger partial charge on any atom is -0.546 e. The predicted molar refractivity (Wildman–Crippen MR) is 105 cm³/mol. The normalized spacial score (nSPS) is 23.6. The Hall–Kier alpha value is -0.283. The first-order valence-corrected chi connectivity index (χ1v) is 11.7. The summed E-state index contributed by atoms with van der Waals surface area (Å²) in [6.45, 7) is 21.9. The van der Waals surface area contributed by atoms with E-state index in [0.717, 1.165) is 6.42 Å². The van der Waals surface area contributed by atoms with Crippen LogP contribution in [0.15, 0.2) is 11.8 Å². The highest BCUT2D eigenvalue weighted by atomic mass is 28.4. The molecule has 1 aliphatic rings. The van der Waals surface area contributed by atoms with E-state index in [1.54, 1.807) is 0 Å². The first kappa shape index (κ1) is 20.8. The zero-order valence-electron chi connectivity index (χ0n) is 17.1. The lowest BCUT2D eigenvalue weighted by Crippen LogP contribution is -2.49. The molecule has 2 nitrogen and oxygen atoms in total. The van der Waals surface area contributed by atoms with Crippen LogP contribution in [-0.4, -0.2) is 14.9 Å². The third-order valence-electron chi connectivity index (χ3n) is 6.09. The van der Waals surface area contributed by atoms with Gasteiger partial charge in [0.1, 0.15) is 0 Å². The number of nitrogens with two attached hydrogens (primary N) is 1. The second-order valence-electron chi connectivity index (χ2n) is 9.49. The zero-order chi connectivity index (χ0) is 18.0. The van der Waals surface area contributed by atoms with Crippen molar-refractivity contribution >= 4 is 8.32 Å². The Kier molecular flexibility index (Phi) is 6.98. The molecule has 0 aromatic heterocycles. The lowest BCUT2D eigenvalue weighted by molar-refractivity contribution is 0.169. The number of hydrogen-bond acceptors (Lipinski definition) is 2. The van der Waals surface area contributed by atoms with Gasteiger partial charge in [0.05, 0.1) is 5.76 Å². The second-order valence-corrected chi connectivity index (χ2v) is 14.9. The average Bonchev–Trinajstić information content (AvgIpc) is 2.42. The molecule has 3 heteroatoms. The van der Waals surface area contributed by atoms with Gasteiger partial charge in [-0.15, -0.1) is 0 Å². The van der Waals surface area contributed by atoms with Gasteiger partial charge in [-0.3, -0.25) is 0 Å². The molecule has 0 aliphatic heterocycles. The Labute approximate surface area is 146 Å². The Morgan fingerprint density at radius 1 is 1.09 bits per heavy atom. The van der Waals surface area contributed by atoms with Gasteiger partial charge in [0.15, 0.2) is 0 Å². The van der Waals surface area contributed by atoms with Gasteiger partial charge < -0.3 is 10.2 Å². The van der Waals surface area contributed by atoms with Gasteiger partial charge in [-0.05, 0) is 46.9 Å². The maximum atomic E-state index is 6.95. The molecule has 1 rings (SSSR count). The van der Waals surface area contributed by atoms with E-state index < -0.39 is 8.32 Å². The molecule has 2 N–H and O–H groups in total. The molecular weight excluding hydrogens is 298 g/mol. The predicted octanol–water partition coefficient (Wildman–Crippen LogP) is 6.09. The minimum absolute atomic E-state index is 0.345. The maximum absolute atomic E-state index is 6.95. The van der Waals surface area contributed by atoms with Crippen LogP contribution in [0.5, 0.6) is 0 Å². The van der Waals surface area contributed by atoms with Crippen LogP contribution in [0.1, 0.15) is 75.2 Å². The molecule has 0 bridgehead atoms. The monoisotopic (exact) mass is 339 g/mol. The first-order valence-electron chi connectivity index (χ1n) is 9.55. The number of rotatable bonds is 6. The SMILES string of the molecule is CC(C)[Si](OC1=CC[C@H](C(C)(C)C)C[C@@H]1CN)(C(C)C)C(C)C. The zero-order valence-corrected chi connectivity index (χ0v) is 18.1. The van der Waals surface area contributed by atoms with Crippen LogP contribution in [-0.2, 0) is 4.43 Å². The van der Waals surface area contributed by atoms with Crippen LogP contribution in [0.4, 0.5) is 0 Å². The summed E-state index contributed by atoms with van der Waals surface area (Å²) >= 11 is 0. The van der Waals surface area contributed by atoms with Crippen molar-refractivity contribution in [3.8, 4) is 0 Å². The second kappa shape index (κ2) is 7.73. The molecule has 0 fully saturated rings. The largest absolute Gasteiger partial charge is 0.546 e. The Balaban J connectivity index is 3.11. The van der Waals surface area contributed by atoms with E-state index in [0.29, 0.717) is 40.4 Å². The topological polar surface area (TPSA) is 35.2 Å². The molecule has 0 unspecified atom stereocenters. The molecule has 0 aromatic carbocycles. The van der Waals surface area contributed by atoms with Gasteiger partial charge in [0, 0.05) is 12.5 Å². The van der Waals surface area contributed by atoms with E-state index in [1.807, 2.05) is 0 Å². The van der Waals surface area contributed by atoms with Crippen LogP contribution in [0.2, 0.25) is 16.6 Å². The molecule has 0 saturated heterocycles. The van der Waals surface area contributed by atoms with Crippen molar-refractivity contribution in [1.82, 2.24) is 0 Å². The van der Waals surface area contributed by atoms with Crippen molar-refractivity contribution in [3.05, 3.63) is 11.8 Å². The van der Waals surface area contributed by atoms with Gasteiger partial charge in [-0.25, -0.2) is 0 Å². The lowest BCUT2D eigenvalue weighted by Gasteiger charge is -2.46. The Morgan fingerprint density at radius 3 is 1.91 bits per heavy atom. The van der Waals surface area contributed by atoms with Crippen molar-refractivity contribution in [2.24, 2.45) is 23.0 Å². The van der Waals surface area contributed by atoms with Crippen molar-refractivity contribution in [2.75, 3.05) is 6.54 Å². The first-order chi connectivity index (χ1) is 10.5. The van der Waals surface area contributed by atoms with E-state index >= 15 is 0 Å². The summed E-state index contributed by atoms with van der Waals surface area (Å²) in [5.74, 6) is 2.32. The fourth-order valence-corrected chi connectivity index (χ4v) is 9.95. The summed E-state index contributed by atoms with van der Waals surface area (Å²) < 4.78 is 6.95. The van der Waals surface area contributed by atoms with Gasteiger partial charge in [0.25, 0.3) is 8.32 Å². The highest BCUT2D eigenvalue weighted by Gasteiger charge is 2.48. The molecule has 2 atom stereocenters. The average molecular weight is 340 g/mol. The molecule has 136 valence electrons. The molecule has 0 heterocycles. The highest BCUT2D eigenvalue weighted by molar-refractivity contribution is 6.77. The molecule has 0 spiro atoms. The van der Waals surface area contributed by atoms with E-state index in [1.165, 1.54) is 12.2 Å². The van der Waals surface area contributed by atoms with Gasteiger partial charge >= 0.3 is 0 Å². The fraction of sp³-hybridized carbons (Fsp3) is 0.900. The fourth-order valence-electron chi connectivity index (χ4n) is 4.58. The summed E-state index contributed by atoms with van der Waals surface area (Å²) in [6.07, 6.45) is 4.69. The molecule has 0 aromatic rings. The van der Waals surface area contributed by atoms with Crippen LogP contribution in [0.3, 0.4) is 0 Å². The molecule has 0 amide bonds. The van der Waals surface area contributed by atoms with E-state index in [9.17, 15) is 0 Å². The third kappa shape index (κ3) is 4.42. The van der Waals surface area contributed by atoms with Crippen molar-refractivity contribution < 1.29 is 4.43 Å². The molecule has 1 aliphatic carbocycles. The summed E-state index contributed by atoms with van der Waals surface area (Å²) in [4.78, 5) is 0. The van der Waals surface area contributed by atoms with E-state index in [4.69, 9.17) is 10.2 Å². The standard InChI is InChI=1S/C20H41NOSi/c1-14(2)23(15(3)4,16(5)6)22-19-11-10-18(20(7,8)9)12-17(19)13-21/h11,14-18H,10,12-13,21H2,1-9H3/t17-,18+/m1/s1. The van der Waals surface area contributed by atoms with Crippen LogP contribution in [0.25, 0.3) is 0 Å². The van der Waals surface area contributed by atoms with Gasteiger partial charge in [-0.1, -0.05) is 62.3 Å². The van der Waals surface area contributed by atoms with Gasteiger partial charge in [-0.2, -0.15) is 0 Å². The quantitative estimate of drug-likeness (QED) is 0.594. The summed E-state index contributed by atoms with van der Waals surface area (Å²) in [5, 5.41) is 0. The number of hydrogen-bond donors (Lipinski definition) is 1. The molecule has 0 radical (unpaired) electrons. The summed E-state index contributed by atoms with van der Waals surface area (Å²) in [5.41, 5.74) is 8.33. The molecule has 0 saturated carbocycles. The maximum Gasteiger partial charge on any atom is 0.258 e. The lowest BCUT2D eigenvalue weighted by atomic mass is 9.71. The van der Waals surface area contributed by atoms with Crippen LogP contribution in [0, 0.1) is 17.3 Å². The smallest absolute Gasteiger partial charge is 0.258 e. The van der Waals surface area contributed by atoms with Crippen molar-refractivity contribution in [2.45, 2.75) is 91.8 Å². The summed E-state index contributed by atoms with van der Waals surface area (Å²) in [7, 11) is -1.86. The van der Waals surface area contributed by atoms with Crippen LogP contribution < -0.4 is 5.73 Å². The Bertz CT molecular complexity index is 385. The third-order valence-corrected chi connectivity index (χ3v) is 12.1.